The summed E-state index contributed by atoms with van der Waals surface area (Å²) >= 11 is 5.79. The maximum absolute atomic E-state index is 13.4. The fraction of sp³-hybridized carbons (Fsp3) is 0.167. The second-order valence-electron chi connectivity index (χ2n) is 3.78. The Labute approximate surface area is 129 Å². The number of aromatic carboxylic acids is 1. The van der Waals surface area contributed by atoms with Gasteiger partial charge in [-0.25, -0.2) is 4.79 Å². The molecule has 1 radical (unpaired) electrons. The Bertz CT molecular complexity index is 589. The Morgan fingerprint density at radius 3 is 2.53 bits per heavy atom. The smallest absolute Gasteiger partial charge is 0.357 e. The first-order chi connectivity index (χ1) is 8.52. The quantitative estimate of drug-likeness (QED) is 0.838. The van der Waals surface area contributed by atoms with Gasteiger partial charge in [0.05, 0.1) is 6.04 Å². The zero-order chi connectivity index (χ0) is 13.3. The van der Waals surface area contributed by atoms with Crippen molar-refractivity contribution in [1.82, 2.24) is 9.55 Å². The maximum atomic E-state index is 13.4. The van der Waals surface area contributed by atoms with Crippen LogP contribution in [0.5, 0.6) is 0 Å². The largest absolute Gasteiger partial charge is 0.476 e. The maximum Gasteiger partial charge on any atom is 0.357 e. The van der Waals surface area contributed by atoms with Gasteiger partial charge in [0.15, 0.2) is 5.69 Å². The second kappa shape index (κ2) is 6.34. The van der Waals surface area contributed by atoms with E-state index in [0.29, 0.717) is 0 Å². The van der Waals surface area contributed by atoms with Crippen LogP contribution in [-0.4, -0.2) is 20.6 Å². The van der Waals surface area contributed by atoms with Crippen LogP contribution in [-0.2, 0) is 22.4 Å². The van der Waals surface area contributed by atoms with E-state index in [9.17, 15) is 9.18 Å². The van der Waals surface area contributed by atoms with E-state index in [1.54, 1.807) is 6.92 Å². The molecule has 0 spiro atoms. The first-order valence-electron chi connectivity index (χ1n) is 5.24. The van der Waals surface area contributed by atoms with Crippen LogP contribution in [0, 0.1) is 5.95 Å². The van der Waals surface area contributed by atoms with Crippen LogP contribution in [0.2, 0.25) is 5.28 Å². The average Bonchev–Trinajstić information content (AvgIpc) is 2.64. The second-order valence-corrected chi connectivity index (χ2v) is 4.12. The van der Waals surface area contributed by atoms with E-state index in [4.69, 9.17) is 16.7 Å². The summed E-state index contributed by atoms with van der Waals surface area (Å²) in [4.78, 5) is 14.4. The van der Waals surface area contributed by atoms with Crippen LogP contribution >= 0.6 is 11.6 Å². The molecule has 0 saturated carbocycles. The molecule has 2 rings (SSSR count). The standard InChI is InChI=1S/C12H10ClFN2O2.Ag/c1-7(8-5-3-2-4-6-8)16-9(11(17)18)10(14)15-12(16)13;/h2-7H,1H3,(H,17,18);/t7-;/m1./s1. The van der Waals surface area contributed by atoms with Crippen molar-refractivity contribution in [2.24, 2.45) is 0 Å². The molecule has 1 N–H and O–H groups in total. The molecule has 0 bridgehead atoms. The fourth-order valence-electron chi connectivity index (χ4n) is 1.80. The first kappa shape index (κ1) is 15.9. The molecule has 19 heavy (non-hydrogen) atoms. The molecule has 105 valence electrons. The predicted molar refractivity (Wildman–Crippen MR) is 64.4 cm³/mol. The zero-order valence-corrected chi connectivity index (χ0v) is 12.0. The van der Waals surface area contributed by atoms with E-state index in [1.807, 2.05) is 30.3 Å². The van der Waals surface area contributed by atoms with Gasteiger partial charge < -0.3 is 5.11 Å². The van der Waals surface area contributed by atoms with Gasteiger partial charge in [0.25, 0.3) is 0 Å². The molecule has 0 fully saturated rings. The van der Waals surface area contributed by atoms with Crippen molar-refractivity contribution in [2.45, 2.75) is 13.0 Å². The number of carboxylic acids is 1. The molecule has 2 aromatic rings. The fourth-order valence-corrected chi connectivity index (χ4v) is 2.11. The minimum atomic E-state index is -1.39. The summed E-state index contributed by atoms with van der Waals surface area (Å²) in [7, 11) is 0. The third-order valence-electron chi connectivity index (χ3n) is 2.70. The van der Waals surface area contributed by atoms with E-state index in [1.165, 1.54) is 0 Å². The molecular formula is C12H10AgClFN2O2. The molecule has 0 amide bonds. The molecule has 1 heterocycles. The van der Waals surface area contributed by atoms with Gasteiger partial charge >= 0.3 is 5.97 Å². The SMILES string of the molecule is C[C@H](c1ccccc1)n1c(Cl)nc(F)c1C(=O)O.[Ag]. The number of aromatic nitrogens is 2. The molecule has 0 aliphatic carbocycles. The van der Waals surface area contributed by atoms with Crippen LogP contribution in [0.4, 0.5) is 4.39 Å². The Kier molecular flexibility index (Phi) is 5.31. The van der Waals surface area contributed by atoms with E-state index >= 15 is 0 Å². The summed E-state index contributed by atoms with van der Waals surface area (Å²) in [5.74, 6) is -2.47. The van der Waals surface area contributed by atoms with Crippen molar-refractivity contribution in [2.75, 3.05) is 0 Å². The van der Waals surface area contributed by atoms with Gasteiger partial charge in [0, 0.05) is 22.4 Å². The summed E-state index contributed by atoms with van der Waals surface area (Å²) in [6.45, 7) is 1.73. The van der Waals surface area contributed by atoms with E-state index in [-0.39, 0.29) is 27.7 Å². The third-order valence-corrected chi connectivity index (χ3v) is 2.96. The molecule has 1 atom stereocenters. The summed E-state index contributed by atoms with van der Waals surface area (Å²) in [5.41, 5.74) is 0.288. The van der Waals surface area contributed by atoms with Crippen LogP contribution in [0.15, 0.2) is 30.3 Å². The normalized spacial score (nSPS) is 11.7. The van der Waals surface area contributed by atoms with Crippen LogP contribution < -0.4 is 0 Å². The van der Waals surface area contributed by atoms with Gasteiger partial charge in [-0.15, -0.1) is 0 Å². The number of benzene rings is 1. The first-order valence-corrected chi connectivity index (χ1v) is 5.61. The number of hydrogen-bond donors (Lipinski definition) is 1. The minimum Gasteiger partial charge on any atom is -0.476 e. The molecule has 7 heteroatoms. The minimum absolute atomic E-state index is 0. The Balaban J connectivity index is 0.00000180. The number of halogens is 2. The van der Waals surface area contributed by atoms with E-state index in [0.717, 1.165) is 10.1 Å². The molecule has 0 saturated heterocycles. The van der Waals surface area contributed by atoms with E-state index < -0.39 is 23.7 Å². The van der Waals surface area contributed by atoms with Crippen LogP contribution in [0.1, 0.15) is 29.0 Å². The van der Waals surface area contributed by atoms with Gasteiger partial charge in [-0.05, 0) is 24.1 Å². The number of carboxylic acid groups (broad SMARTS) is 1. The van der Waals surface area contributed by atoms with Crippen molar-refractivity contribution >= 4 is 17.6 Å². The van der Waals surface area contributed by atoms with Gasteiger partial charge in [-0.3, -0.25) is 4.57 Å². The van der Waals surface area contributed by atoms with Crippen molar-refractivity contribution in [3.8, 4) is 0 Å². The average molecular weight is 377 g/mol. The molecule has 0 aliphatic rings. The summed E-state index contributed by atoms with van der Waals surface area (Å²) in [6, 6.07) is 8.67. The number of imidazole rings is 1. The molecule has 0 aliphatic heterocycles. The van der Waals surface area contributed by atoms with Gasteiger partial charge in [-0.1, -0.05) is 30.3 Å². The number of nitrogens with zero attached hydrogens (tertiary/aromatic N) is 2. The molecule has 4 nitrogen and oxygen atoms in total. The molecule has 0 unspecified atom stereocenters. The molecule has 1 aromatic heterocycles. The van der Waals surface area contributed by atoms with Crippen LogP contribution in [0.25, 0.3) is 0 Å². The molecule has 1 aromatic carbocycles. The number of hydrogen-bond acceptors (Lipinski definition) is 2. The Morgan fingerprint density at radius 1 is 1.42 bits per heavy atom. The number of rotatable bonds is 3. The van der Waals surface area contributed by atoms with Crippen molar-refractivity contribution in [3.63, 3.8) is 0 Å². The van der Waals surface area contributed by atoms with Gasteiger partial charge in [-0.2, -0.15) is 9.37 Å². The van der Waals surface area contributed by atoms with Crippen molar-refractivity contribution < 1.29 is 36.7 Å². The van der Waals surface area contributed by atoms with E-state index in [2.05, 4.69) is 4.98 Å². The topological polar surface area (TPSA) is 55.1 Å². The Hall–Kier alpha value is -1.14. The Morgan fingerprint density at radius 2 is 2.00 bits per heavy atom. The number of carbonyl (C=O) groups is 1. The predicted octanol–water partition coefficient (Wildman–Crippen LogP) is 2.98. The monoisotopic (exact) mass is 375 g/mol. The van der Waals surface area contributed by atoms with Crippen molar-refractivity contribution in [3.05, 3.63) is 52.8 Å². The zero-order valence-electron chi connectivity index (χ0n) is 9.77. The summed E-state index contributed by atoms with van der Waals surface area (Å²) in [6.07, 6.45) is 0. The summed E-state index contributed by atoms with van der Waals surface area (Å²) in [5, 5.41) is 8.82. The van der Waals surface area contributed by atoms with Gasteiger partial charge in [0.1, 0.15) is 0 Å². The van der Waals surface area contributed by atoms with Gasteiger partial charge in [0.2, 0.25) is 11.2 Å². The van der Waals surface area contributed by atoms with Crippen LogP contribution in [0.3, 0.4) is 0 Å². The summed E-state index contributed by atoms with van der Waals surface area (Å²) < 4.78 is 14.6. The third kappa shape index (κ3) is 3.06. The van der Waals surface area contributed by atoms with Crippen molar-refractivity contribution in [1.29, 1.82) is 0 Å². The molecular weight excluding hydrogens is 366 g/mol.